The van der Waals surface area contributed by atoms with Gasteiger partial charge in [-0.15, -0.1) is 0 Å². The number of carbonyl (C=O) groups is 2. The van der Waals surface area contributed by atoms with Gasteiger partial charge in [0.05, 0.1) is 50.3 Å². The van der Waals surface area contributed by atoms with Gasteiger partial charge in [-0.05, 0) is 48.9 Å². The van der Waals surface area contributed by atoms with Gasteiger partial charge < -0.3 is 18.9 Å². The molecule has 1 heterocycles. The van der Waals surface area contributed by atoms with Crippen LogP contribution in [0.3, 0.4) is 0 Å². The van der Waals surface area contributed by atoms with Gasteiger partial charge >= 0.3 is 5.97 Å². The molecule has 0 N–H and O–H groups in total. The van der Waals surface area contributed by atoms with Gasteiger partial charge in [0.1, 0.15) is 5.82 Å². The number of hydrogen-bond acceptors (Lipinski definition) is 6. The maximum atomic E-state index is 13.6. The van der Waals surface area contributed by atoms with E-state index in [1.54, 1.807) is 19.1 Å². The van der Waals surface area contributed by atoms with E-state index in [4.69, 9.17) is 30.5 Å². The topological polar surface area (TPSA) is 74.3 Å². The molecule has 7 nitrogen and oxygen atoms in total. The Morgan fingerprint density at radius 3 is 2.16 bits per heavy atom. The normalized spacial score (nSPS) is 14.8. The fraction of sp³-hybridized carbons (Fsp3) is 0.217. The Hall–Kier alpha value is -3.52. The number of allylic oxidation sites excluding steroid dienone is 1. The fourth-order valence-electron chi connectivity index (χ4n) is 3.47. The molecule has 32 heavy (non-hydrogen) atoms. The highest BCUT2D eigenvalue weighted by Crippen LogP contribution is 2.41. The van der Waals surface area contributed by atoms with E-state index in [9.17, 15) is 14.0 Å². The number of benzene rings is 2. The van der Waals surface area contributed by atoms with Crippen LogP contribution in [0.5, 0.6) is 17.2 Å². The minimum Gasteiger partial charge on any atom is -0.493 e. The van der Waals surface area contributed by atoms with Crippen LogP contribution in [0, 0.1) is 5.82 Å². The highest BCUT2D eigenvalue weighted by Gasteiger charge is 2.38. The third kappa shape index (κ3) is 4.01. The van der Waals surface area contributed by atoms with Crippen LogP contribution in [0.2, 0.25) is 5.02 Å². The molecule has 0 saturated carbocycles. The monoisotopic (exact) mass is 461 g/mol. The second-order valence-electron chi connectivity index (χ2n) is 6.71. The fourth-order valence-corrected chi connectivity index (χ4v) is 3.64. The lowest BCUT2D eigenvalue weighted by atomic mass is 10.0. The first-order valence-electron chi connectivity index (χ1n) is 9.38. The van der Waals surface area contributed by atoms with Crippen molar-refractivity contribution in [3.05, 3.63) is 63.6 Å². The number of anilines is 1. The Bertz CT molecular complexity index is 1130. The first kappa shape index (κ1) is 23.1. The molecule has 0 aromatic heterocycles. The summed E-state index contributed by atoms with van der Waals surface area (Å²) in [6.07, 6.45) is 1.52. The molecule has 0 atom stereocenters. The molecule has 168 valence electrons. The lowest BCUT2D eigenvalue weighted by molar-refractivity contribution is -0.136. The van der Waals surface area contributed by atoms with Crippen LogP contribution in [0.4, 0.5) is 10.1 Å². The number of nitrogens with zero attached hydrogens (tertiary/aromatic N) is 1. The number of ether oxygens (including phenoxy) is 4. The minimum atomic E-state index is -0.690. The van der Waals surface area contributed by atoms with Crippen LogP contribution < -0.4 is 19.1 Å². The molecule has 3 rings (SSSR count). The van der Waals surface area contributed by atoms with Crippen molar-refractivity contribution >= 4 is 35.2 Å². The summed E-state index contributed by atoms with van der Waals surface area (Å²) in [6, 6.07) is 7.15. The first-order valence-corrected chi connectivity index (χ1v) is 9.75. The average Bonchev–Trinajstić information content (AvgIpc) is 3.03. The van der Waals surface area contributed by atoms with E-state index >= 15 is 0 Å². The molecular weight excluding hydrogens is 441 g/mol. The van der Waals surface area contributed by atoms with E-state index in [2.05, 4.69) is 0 Å². The van der Waals surface area contributed by atoms with Crippen molar-refractivity contribution in [3.63, 3.8) is 0 Å². The Morgan fingerprint density at radius 2 is 1.66 bits per heavy atom. The Balaban J connectivity index is 2.19. The van der Waals surface area contributed by atoms with Gasteiger partial charge in [0, 0.05) is 5.70 Å². The molecule has 1 aliphatic heterocycles. The van der Waals surface area contributed by atoms with Crippen molar-refractivity contribution in [1.29, 1.82) is 0 Å². The molecule has 0 aliphatic carbocycles. The predicted molar refractivity (Wildman–Crippen MR) is 118 cm³/mol. The van der Waals surface area contributed by atoms with Crippen molar-refractivity contribution in [2.45, 2.75) is 6.92 Å². The number of halogens is 2. The number of methoxy groups -OCH3 is 4. The Labute approximate surface area is 189 Å². The van der Waals surface area contributed by atoms with Gasteiger partial charge in [-0.25, -0.2) is 9.18 Å². The van der Waals surface area contributed by atoms with Crippen LogP contribution in [-0.2, 0) is 14.3 Å². The number of carbonyl (C=O) groups excluding carboxylic acids is 2. The molecule has 9 heteroatoms. The molecule has 0 saturated heterocycles. The van der Waals surface area contributed by atoms with Crippen molar-refractivity contribution in [1.82, 2.24) is 0 Å². The van der Waals surface area contributed by atoms with Crippen LogP contribution in [0.15, 0.2) is 47.2 Å². The maximum absolute atomic E-state index is 13.6. The summed E-state index contributed by atoms with van der Waals surface area (Å²) in [6.45, 7) is 1.59. The zero-order valence-corrected chi connectivity index (χ0v) is 18.9. The minimum absolute atomic E-state index is 0.0756. The van der Waals surface area contributed by atoms with Gasteiger partial charge in [-0.1, -0.05) is 11.6 Å². The smallest absolute Gasteiger partial charge is 0.340 e. The van der Waals surface area contributed by atoms with Gasteiger partial charge in [0.25, 0.3) is 5.91 Å². The number of esters is 1. The van der Waals surface area contributed by atoms with Gasteiger partial charge in [-0.3, -0.25) is 9.69 Å². The van der Waals surface area contributed by atoms with Crippen molar-refractivity contribution in [2.75, 3.05) is 33.3 Å². The van der Waals surface area contributed by atoms with Crippen molar-refractivity contribution in [2.24, 2.45) is 0 Å². The van der Waals surface area contributed by atoms with Crippen LogP contribution in [-0.4, -0.2) is 40.3 Å². The van der Waals surface area contributed by atoms with Crippen LogP contribution >= 0.6 is 11.6 Å². The van der Waals surface area contributed by atoms with Crippen molar-refractivity contribution < 1.29 is 32.9 Å². The third-order valence-electron chi connectivity index (χ3n) is 4.95. The lowest BCUT2D eigenvalue weighted by Crippen LogP contribution is -2.24. The van der Waals surface area contributed by atoms with Crippen molar-refractivity contribution in [3.8, 4) is 17.2 Å². The van der Waals surface area contributed by atoms with E-state index in [-0.39, 0.29) is 16.2 Å². The Kier molecular flexibility index (Phi) is 6.74. The third-order valence-corrected chi connectivity index (χ3v) is 5.24. The number of hydrogen-bond donors (Lipinski definition) is 0. The quantitative estimate of drug-likeness (QED) is 0.469. The average molecular weight is 462 g/mol. The van der Waals surface area contributed by atoms with E-state index < -0.39 is 17.7 Å². The number of amides is 1. The summed E-state index contributed by atoms with van der Waals surface area (Å²) in [4.78, 5) is 27.2. The second-order valence-corrected chi connectivity index (χ2v) is 7.11. The molecule has 1 aliphatic rings. The van der Waals surface area contributed by atoms with E-state index in [0.717, 1.165) is 6.07 Å². The van der Waals surface area contributed by atoms with Crippen LogP contribution in [0.25, 0.3) is 6.08 Å². The molecule has 0 fully saturated rings. The number of rotatable bonds is 6. The summed E-state index contributed by atoms with van der Waals surface area (Å²) in [5, 5.41) is -0.148. The van der Waals surface area contributed by atoms with Gasteiger partial charge in [-0.2, -0.15) is 0 Å². The molecule has 0 radical (unpaired) electrons. The molecule has 2 aromatic rings. The summed E-state index contributed by atoms with van der Waals surface area (Å²) in [5.74, 6) is -0.662. The molecule has 2 aromatic carbocycles. The lowest BCUT2D eigenvalue weighted by Gasteiger charge is -2.18. The van der Waals surface area contributed by atoms with Gasteiger partial charge in [0.2, 0.25) is 5.75 Å². The summed E-state index contributed by atoms with van der Waals surface area (Å²) >= 11 is 5.90. The highest BCUT2D eigenvalue weighted by atomic mass is 35.5. The molecule has 0 bridgehead atoms. The highest BCUT2D eigenvalue weighted by molar-refractivity contribution is 6.31. The SMILES string of the molecule is COC(=O)C1=C(C)N(c2ccc(F)c(Cl)c2)C(=O)/C1=C\c1cc(OC)c(OC)c(OC)c1. The second kappa shape index (κ2) is 9.32. The van der Waals surface area contributed by atoms with E-state index in [1.165, 1.54) is 51.5 Å². The summed E-state index contributed by atoms with van der Waals surface area (Å²) < 4.78 is 34.6. The Morgan fingerprint density at radius 1 is 1.03 bits per heavy atom. The molecule has 0 unspecified atom stereocenters. The zero-order valence-electron chi connectivity index (χ0n) is 18.1. The summed E-state index contributed by atoms with van der Waals surface area (Å²) in [7, 11) is 5.64. The van der Waals surface area contributed by atoms with E-state index in [0.29, 0.717) is 34.2 Å². The summed E-state index contributed by atoms with van der Waals surface area (Å²) in [5.41, 5.74) is 1.32. The zero-order chi connectivity index (χ0) is 23.6. The predicted octanol–water partition coefficient (Wildman–Crippen LogP) is 4.38. The van der Waals surface area contributed by atoms with Gasteiger partial charge in [0.15, 0.2) is 11.5 Å². The maximum Gasteiger partial charge on any atom is 0.340 e. The molecule has 1 amide bonds. The van der Waals surface area contributed by atoms with Crippen LogP contribution in [0.1, 0.15) is 12.5 Å². The van der Waals surface area contributed by atoms with E-state index in [1.807, 2.05) is 0 Å². The molecular formula is C23H21ClFNO6. The standard InChI is InChI=1S/C23H21ClFNO6/c1-12-20(23(28)32-5)15(22(27)26(12)14-6-7-17(25)16(24)11-14)8-13-9-18(29-2)21(31-4)19(10-13)30-3/h6-11H,1-5H3/b15-8-. The molecule has 0 spiro atoms. The first-order chi connectivity index (χ1) is 15.3. The largest absolute Gasteiger partial charge is 0.493 e.